The van der Waals surface area contributed by atoms with E-state index in [0.717, 1.165) is 11.1 Å². The molecule has 1 aliphatic rings. The molecule has 0 saturated carbocycles. The van der Waals surface area contributed by atoms with E-state index in [4.69, 9.17) is 0 Å². The Morgan fingerprint density at radius 3 is 2.00 bits per heavy atom. The zero-order valence-corrected chi connectivity index (χ0v) is 11.8. The maximum absolute atomic E-state index is 12.6. The summed E-state index contributed by atoms with van der Waals surface area (Å²) in [5, 5.41) is 4.03. The summed E-state index contributed by atoms with van der Waals surface area (Å²) in [7, 11) is 0. The molecule has 2 nitrogen and oxygen atoms in total. The number of hydrogen-bond acceptors (Lipinski definition) is 3. The highest BCUT2D eigenvalue weighted by molar-refractivity contribution is 7.08. The van der Waals surface area contributed by atoms with E-state index in [-0.39, 0.29) is 11.6 Å². The van der Waals surface area contributed by atoms with Gasteiger partial charge in [0.2, 0.25) is 0 Å². The minimum absolute atomic E-state index is 0.0720. The van der Waals surface area contributed by atoms with Crippen molar-refractivity contribution >= 4 is 22.9 Å². The first kappa shape index (κ1) is 12.2. The summed E-state index contributed by atoms with van der Waals surface area (Å²) in [5.74, 6) is -0.144. The molecule has 3 heteroatoms. The van der Waals surface area contributed by atoms with Crippen molar-refractivity contribution in [3.8, 4) is 11.1 Å². The van der Waals surface area contributed by atoms with Gasteiger partial charge in [-0.2, -0.15) is 11.3 Å². The van der Waals surface area contributed by atoms with Crippen molar-refractivity contribution in [1.82, 2.24) is 0 Å². The number of rotatable bonds is 1. The monoisotopic (exact) mass is 290 g/mol. The second kappa shape index (κ2) is 4.50. The fraction of sp³-hybridized carbons (Fsp3) is 0. The first-order valence-electron chi connectivity index (χ1n) is 6.61. The largest absolute Gasteiger partial charge is 0.289 e. The van der Waals surface area contributed by atoms with E-state index in [0.29, 0.717) is 22.3 Å². The molecule has 4 rings (SSSR count). The van der Waals surface area contributed by atoms with Crippen molar-refractivity contribution in [3.63, 3.8) is 0 Å². The Hall–Kier alpha value is -2.52. The van der Waals surface area contributed by atoms with E-state index in [2.05, 4.69) is 0 Å². The molecule has 0 unspecified atom stereocenters. The molecule has 1 aliphatic carbocycles. The number of carbonyl (C=O) groups is 2. The molecule has 2 aromatic carbocycles. The third kappa shape index (κ3) is 1.78. The van der Waals surface area contributed by atoms with Crippen LogP contribution < -0.4 is 0 Å². The Labute approximate surface area is 125 Å². The standard InChI is InChI=1S/C18H10O2S/c19-17-13-3-1-2-4-14(13)18(20)16-9-11(5-6-15(16)17)12-7-8-21-10-12/h1-10H. The van der Waals surface area contributed by atoms with Crippen LogP contribution in [0.25, 0.3) is 11.1 Å². The quantitative estimate of drug-likeness (QED) is 0.527. The Morgan fingerprint density at radius 2 is 1.33 bits per heavy atom. The lowest BCUT2D eigenvalue weighted by Crippen LogP contribution is -2.20. The SMILES string of the molecule is O=C1c2ccccc2C(=O)c2cc(-c3ccsc3)ccc21. The highest BCUT2D eigenvalue weighted by Gasteiger charge is 2.29. The first-order valence-corrected chi connectivity index (χ1v) is 7.55. The highest BCUT2D eigenvalue weighted by Crippen LogP contribution is 2.31. The number of ketones is 2. The van der Waals surface area contributed by atoms with Gasteiger partial charge in [-0.3, -0.25) is 9.59 Å². The third-order valence-electron chi connectivity index (χ3n) is 3.78. The Balaban J connectivity index is 1.93. The molecule has 3 aromatic rings. The van der Waals surface area contributed by atoms with Crippen LogP contribution in [-0.2, 0) is 0 Å². The predicted molar refractivity (Wildman–Crippen MR) is 83.1 cm³/mol. The average molecular weight is 290 g/mol. The molecule has 0 saturated heterocycles. The molecule has 0 bridgehead atoms. The number of carbonyl (C=O) groups excluding carboxylic acids is 2. The summed E-state index contributed by atoms with van der Waals surface area (Å²) in [6, 6.07) is 14.5. The average Bonchev–Trinajstić information content (AvgIpc) is 3.06. The van der Waals surface area contributed by atoms with Gasteiger partial charge in [-0.15, -0.1) is 0 Å². The van der Waals surface area contributed by atoms with E-state index in [9.17, 15) is 9.59 Å². The minimum Gasteiger partial charge on any atom is -0.289 e. The van der Waals surface area contributed by atoms with E-state index in [1.54, 1.807) is 41.7 Å². The molecule has 0 N–H and O–H groups in total. The van der Waals surface area contributed by atoms with Crippen LogP contribution in [0.15, 0.2) is 59.3 Å². The van der Waals surface area contributed by atoms with Crippen LogP contribution in [0.3, 0.4) is 0 Å². The molecule has 0 amide bonds. The smallest absolute Gasteiger partial charge is 0.194 e. The van der Waals surface area contributed by atoms with E-state index in [1.165, 1.54) is 0 Å². The number of fused-ring (bicyclic) bond motifs is 2. The summed E-state index contributed by atoms with van der Waals surface area (Å²) >= 11 is 1.61. The first-order chi connectivity index (χ1) is 10.3. The van der Waals surface area contributed by atoms with Crippen LogP contribution >= 0.6 is 11.3 Å². The fourth-order valence-electron chi connectivity index (χ4n) is 2.71. The maximum atomic E-state index is 12.6. The van der Waals surface area contributed by atoms with Gasteiger partial charge in [0.05, 0.1) is 0 Å². The van der Waals surface area contributed by atoms with E-state index in [1.807, 2.05) is 29.0 Å². The van der Waals surface area contributed by atoms with Gasteiger partial charge in [-0.1, -0.05) is 30.3 Å². The minimum atomic E-state index is -0.0722. The van der Waals surface area contributed by atoms with Gasteiger partial charge in [-0.25, -0.2) is 0 Å². The van der Waals surface area contributed by atoms with Crippen LogP contribution in [0.1, 0.15) is 31.8 Å². The highest BCUT2D eigenvalue weighted by atomic mass is 32.1. The molecule has 0 atom stereocenters. The molecule has 1 aromatic heterocycles. The molecule has 0 fully saturated rings. The summed E-state index contributed by atoms with van der Waals surface area (Å²) in [6.07, 6.45) is 0. The van der Waals surface area contributed by atoms with E-state index >= 15 is 0 Å². The van der Waals surface area contributed by atoms with Crippen molar-refractivity contribution in [3.05, 3.63) is 81.5 Å². The Kier molecular flexibility index (Phi) is 2.62. The van der Waals surface area contributed by atoms with Crippen LogP contribution in [0.4, 0.5) is 0 Å². The summed E-state index contributed by atoms with van der Waals surface area (Å²) < 4.78 is 0. The lowest BCUT2D eigenvalue weighted by atomic mass is 9.83. The van der Waals surface area contributed by atoms with Crippen molar-refractivity contribution < 1.29 is 9.59 Å². The molecule has 1 heterocycles. The molecule has 0 radical (unpaired) electrons. The normalized spacial score (nSPS) is 13.0. The zero-order valence-electron chi connectivity index (χ0n) is 11.0. The summed E-state index contributed by atoms with van der Waals surface area (Å²) in [4.78, 5) is 25.1. The zero-order chi connectivity index (χ0) is 14.4. The van der Waals surface area contributed by atoms with Crippen LogP contribution in [0.2, 0.25) is 0 Å². The molecular formula is C18H10O2S. The molecule has 21 heavy (non-hydrogen) atoms. The van der Waals surface area contributed by atoms with Gasteiger partial charge < -0.3 is 0 Å². The van der Waals surface area contributed by atoms with Gasteiger partial charge in [-0.05, 0) is 40.1 Å². The number of thiophene rings is 1. The van der Waals surface area contributed by atoms with Gasteiger partial charge in [0.1, 0.15) is 0 Å². The maximum Gasteiger partial charge on any atom is 0.194 e. The van der Waals surface area contributed by atoms with Crippen molar-refractivity contribution in [2.45, 2.75) is 0 Å². The number of hydrogen-bond donors (Lipinski definition) is 0. The van der Waals surface area contributed by atoms with Crippen molar-refractivity contribution in [2.75, 3.05) is 0 Å². The molecular weight excluding hydrogens is 280 g/mol. The van der Waals surface area contributed by atoms with Crippen LogP contribution in [-0.4, -0.2) is 11.6 Å². The Bertz CT molecular complexity index is 876. The second-order valence-electron chi connectivity index (χ2n) is 4.98. The number of benzene rings is 2. The molecule has 0 aliphatic heterocycles. The van der Waals surface area contributed by atoms with E-state index < -0.39 is 0 Å². The topological polar surface area (TPSA) is 34.1 Å². The van der Waals surface area contributed by atoms with Crippen molar-refractivity contribution in [2.24, 2.45) is 0 Å². The Morgan fingerprint density at radius 1 is 0.667 bits per heavy atom. The molecule has 0 spiro atoms. The van der Waals surface area contributed by atoms with Gasteiger partial charge in [0.15, 0.2) is 11.6 Å². The summed E-state index contributed by atoms with van der Waals surface area (Å²) in [6.45, 7) is 0. The van der Waals surface area contributed by atoms with Gasteiger partial charge in [0.25, 0.3) is 0 Å². The van der Waals surface area contributed by atoms with Crippen LogP contribution in [0, 0.1) is 0 Å². The second-order valence-corrected chi connectivity index (χ2v) is 5.76. The van der Waals surface area contributed by atoms with Gasteiger partial charge >= 0.3 is 0 Å². The predicted octanol–water partition coefficient (Wildman–Crippen LogP) is 4.19. The van der Waals surface area contributed by atoms with Gasteiger partial charge in [0, 0.05) is 22.3 Å². The third-order valence-corrected chi connectivity index (χ3v) is 4.46. The lowest BCUT2D eigenvalue weighted by molar-refractivity contribution is 0.0979. The van der Waals surface area contributed by atoms with Crippen molar-refractivity contribution in [1.29, 1.82) is 0 Å². The fourth-order valence-corrected chi connectivity index (χ4v) is 3.37. The van der Waals surface area contributed by atoms with Crippen LogP contribution in [0.5, 0.6) is 0 Å². The summed E-state index contributed by atoms with van der Waals surface area (Å²) in [5.41, 5.74) is 4.04. The lowest BCUT2D eigenvalue weighted by Gasteiger charge is -2.17. The molecule has 100 valence electrons.